The van der Waals surface area contributed by atoms with Gasteiger partial charge in [-0.25, -0.2) is 0 Å². The molecule has 0 radical (unpaired) electrons. The summed E-state index contributed by atoms with van der Waals surface area (Å²) >= 11 is 7.11. The minimum Gasteiger partial charge on any atom is -0.496 e. The molecule has 0 saturated carbocycles. The van der Waals surface area contributed by atoms with E-state index in [9.17, 15) is 0 Å². The molecule has 0 aliphatic heterocycles. The lowest BCUT2D eigenvalue weighted by molar-refractivity contribution is 0.411. The van der Waals surface area contributed by atoms with Crippen molar-refractivity contribution in [3.63, 3.8) is 0 Å². The van der Waals surface area contributed by atoms with Crippen LogP contribution >= 0.6 is 31.9 Å². The summed E-state index contributed by atoms with van der Waals surface area (Å²) in [5.74, 6) is 1.68. The number of rotatable bonds is 4. The van der Waals surface area contributed by atoms with Crippen molar-refractivity contribution in [2.24, 2.45) is 0 Å². The molecule has 0 unspecified atom stereocenters. The van der Waals surface area contributed by atoms with Crippen LogP contribution in [0.4, 0.5) is 0 Å². The summed E-state index contributed by atoms with van der Waals surface area (Å²) in [6, 6.07) is 12.4. The van der Waals surface area contributed by atoms with Crippen molar-refractivity contribution in [3.8, 4) is 11.5 Å². The second-order valence-corrected chi connectivity index (χ2v) is 7.03. The van der Waals surface area contributed by atoms with E-state index in [-0.39, 0.29) is 5.41 Å². The SMILES string of the molecule is COc1ccc(C(C)(C)c2ccc(OC)c(Br)c2)cc1Br. The van der Waals surface area contributed by atoms with Crippen LogP contribution in [0.2, 0.25) is 0 Å². The van der Waals surface area contributed by atoms with Crippen LogP contribution in [-0.4, -0.2) is 14.2 Å². The third-order valence-electron chi connectivity index (χ3n) is 3.75. The molecular weight excluding hydrogens is 396 g/mol. The Hall–Kier alpha value is -1.00. The zero-order valence-corrected chi connectivity index (χ0v) is 15.7. The van der Waals surface area contributed by atoms with Gasteiger partial charge in [0.2, 0.25) is 0 Å². The van der Waals surface area contributed by atoms with Crippen LogP contribution in [0.1, 0.15) is 25.0 Å². The predicted octanol–water partition coefficient (Wildman–Crippen LogP) is 5.55. The first-order valence-corrected chi connectivity index (χ1v) is 8.16. The molecule has 2 aromatic carbocycles. The van der Waals surface area contributed by atoms with Gasteiger partial charge in [-0.15, -0.1) is 0 Å². The van der Waals surface area contributed by atoms with Crippen LogP contribution in [-0.2, 0) is 5.41 Å². The number of hydrogen-bond donors (Lipinski definition) is 0. The fourth-order valence-electron chi connectivity index (χ4n) is 2.28. The van der Waals surface area contributed by atoms with Crippen LogP contribution in [0.5, 0.6) is 11.5 Å². The Bertz CT molecular complexity index is 596. The van der Waals surface area contributed by atoms with E-state index in [1.165, 1.54) is 11.1 Å². The molecule has 0 aliphatic rings. The molecule has 0 atom stereocenters. The summed E-state index contributed by atoms with van der Waals surface area (Å²) in [6.07, 6.45) is 0. The molecule has 0 spiro atoms. The van der Waals surface area contributed by atoms with Crippen molar-refractivity contribution in [3.05, 3.63) is 56.5 Å². The van der Waals surface area contributed by atoms with Gasteiger partial charge >= 0.3 is 0 Å². The molecule has 2 nitrogen and oxygen atoms in total. The van der Waals surface area contributed by atoms with Crippen molar-refractivity contribution in [1.82, 2.24) is 0 Å². The van der Waals surface area contributed by atoms with Crippen LogP contribution < -0.4 is 9.47 Å². The predicted molar refractivity (Wildman–Crippen MR) is 93.5 cm³/mol. The summed E-state index contributed by atoms with van der Waals surface area (Å²) in [7, 11) is 3.34. The number of hydrogen-bond acceptors (Lipinski definition) is 2. The third-order valence-corrected chi connectivity index (χ3v) is 4.99. The molecule has 0 aliphatic carbocycles. The molecule has 0 fully saturated rings. The van der Waals surface area contributed by atoms with E-state index in [0.717, 1.165) is 20.4 Å². The highest BCUT2D eigenvalue weighted by molar-refractivity contribution is 9.10. The summed E-state index contributed by atoms with van der Waals surface area (Å²) in [4.78, 5) is 0. The molecule has 0 heterocycles. The van der Waals surface area contributed by atoms with Gasteiger partial charge in [-0.1, -0.05) is 26.0 Å². The van der Waals surface area contributed by atoms with Gasteiger partial charge < -0.3 is 9.47 Å². The van der Waals surface area contributed by atoms with Gasteiger partial charge in [-0.3, -0.25) is 0 Å². The Morgan fingerprint density at radius 1 is 0.762 bits per heavy atom. The molecule has 0 amide bonds. The number of ether oxygens (including phenoxy) is 2. The molecule has 112 valence electrons. The quantitative estimate of drug-likeness (QED) is 0.653. The van der Waals surface area contributed by atoms with Crippen molar-refractivity contribution in [2.75, 3.05) is 14.2 Å². The molecule has 21 heavy (non-hydrogen) atoms. The zero-order valence-electron chi connectivity index (χ0n) is 12.5. The van der Waals surface area contributed by atoms with Crippen molar-refractivity contribution >= 4 is 31.9 Å². The van der Waals surface area contributed by atoms with Gasteiger partial charge in [0.1, 0.15) is 11.5 Å². The van der Waals surface area contributed by atoms with Crippen LogP contribution in [0.15, 0.2) is 45.3 Å². The normalized spacial score (nSPS) is 11.3. The largest absolute Gasteiger partial charge is 0.496 e. The fraction of sp³-hybridized carbons (Fsp3) is 0.294. The highest BCUT2D eigenvalue weighted by Gasteiger charge is 2.24. The van der Waals surface area contributed by atoms with E-state index >= 15 is 0 Å². The van der Waals surface area contributed by atoms with E-state index < -0.39 is 0 Å². The Morgan fingerprint density at radius 2 is 1.14 bits per heavy atom. The monoisotopic (exact) mass is 412 g/mol. The van der Waals surface area contributed by atoms with Gasteiger partial charge in [0.15, 0.2) is 0 Å². The lowest BCUT2D eigenvalue weighted by Crippen LogP contribution is -2.19. The Kier molecular flexibility index (Phi) is 4.99. The molecule has 4 heteroatoms. The van der Waals surface area contributed by atoms with Gasteiger partial charge in [0.25, 0.3) is 0 Å². The van der Waals surface area contributed by atoms with E-state index in [0.29, 0.717) is 0 Å². The van der Waals surface area contributed by atoms with Gasteiger partial charge in [-0.2, -0.15) is 0 Å². The van der Waals surface area contributed by atoms with E-state index in [1.54, 1.807) is 14.2 Å². The van der Waals surface area contributed by atoms with Gasteiger partial charge in [0.05, 0.1) is 23.2 Å². The van der Waals surface area contributed by atoms with Crippen molar-refractivity contribution in [1.29, 1.82) is 0 Å². The molecular formula is C17H18Br2O2. The molecule has 0 N–H and O–H groups in total. The maximum atomic E-state index is 5.30. The summed E-state index contributed by atoms with van der Waals surface area (Å²) in [6.45, 7) is 4.41. The number of benzene rings is 2. The molecule has 2 aromatic rings. The Balaban J connectivity index is 2.45. The summed E-state index contributed by atoms with van der Waals surface area (Å²) in [5, 5.41) is 0. The van der Waals surface area contributed by atoms with Crippen LogP contribution in [0.25, 0.3) is 0 Å². The molecule has 0 bridgehead atoms. The van der Waals surface area contributed by atoms with Crippen LogP contribution in [0.3, 0.4) is 0 Å². The second kappa shape index (κ2) is 6.41. The Morgan fingerprint density at radius 3 is 1.43 bits per heavy atom. The fourth-order valence-corrected chi connectivity index (χ4v) is 3.36. The van der Waals surface area contributed by atoms with E-state index in [1.807, 2.05) is 12.1 Å². The van der Waals surface area contributed by atoms with Crippen LogP contribution in [0, 0.1) is 0 Å². The lowest BCUT2D eigenvalue weighted by Gasteiger charge is -2.27. The Labute approximate surface area is 142 Å². The van der Waals surface area contributed by atoms with Crippen molar-refractivity contribution < 1.29 is 9.47 Å². The summed E-state index contributed by atoms with van der Waals surface area (Å²) < 4.78 is 12.5. The van der Waals surface area contributed by atoms with Gasteiger partial charge in [0, 0.05) is 5.41 Å². The summed E-state index contributed by atoms with van der Waals surface area (Å²) in [5.41, 5.74) is 2.31. The highest BCUT2D eigenvalue weighted by Crippen LogP contribution is 2.38. The van der Waals surface area contributed by atoms with E-state index in [4.69, 9.17) is 9.47 Å². The number of methoxy groups -OCH3 is 2. The standard InChI is InChI=1S/C17H18Br2O2/c1-17(2,11-5-7-15(20-3)13(18)9-11)12-6-8-16(21-4)14(19)10-12/h5-10H,1-4H3. The molecule has 0 saturated heterocycles. The lowest BCUT2D eigenvalue weighted by atomic mass is 9.78. The maximum absolute atomic E-state index is 5.30. The first-order chi connectivity index (χ1) is 9.90. The topological polar surface area (TPSA) is 18.5 Å². The minimum absolute atomic E-state index is 0.121. The smallest absolute Gasteiger partial charge is 0.133 e. The second-order valence-electron chi connectivity index (χ2n) is 5.32. The molecule has 0 aromatic heterocycles. The average molecular weight is 414 g/mol. The first kappa shape index (κ1) is 16.4. The van der Waals surface area contributed by atoms with Gasteiger partial charge in [-0.05, 0) is 67.3 Å². The third kappa shape index (κ3) is 3.27. The average Bonchev–Trinajstić information content (AvgIpc) is 2.47. The first-order valence-electron chi connectivity index (χ1n) is 6.58. The van der Waals surface area contributed by atoms with E-state index in [2.05, 4.69) is 70.0 Å². The minimum atomic E-state index is -0.121. The number of halogens is 2. The maximum Gasteiger partial charge on any atom is 0.133 e. The van der Waals surface area contributed by atoms with Crippen molar-refractivity contribution in [2.45, 2.75) is 19.3 Å². The molecule has 2 rings (SSSR count). The highest BCUT2D eigenvalue weighted by atomic mass is 79.9. The zero-order chi connectivity index (χ0) is 15.6.